The molecule has 0 atom stereocenters. The molecule has 9 heteroatoms. The molecule has 0 unspecified atom stereocenters. The first-order valence-corrected chi connectivity index (χ1v) is 9.39. The Morgan fingerprint density at radius 3 is 1.93 bits per heavy atom. The van der Waals surface area contributed by atoms with Crippen molar-refractivity contribution >= 4 is 35.2 Å². The van der Waals surface area contributed by atoms with Gasteiger partial charge in [-0.2, -0.15) is 5.11 Å². The molecule has 160 valence electrons. The number of carbonyl (C=O) groups excluding carboxylic acids is 2. The molecule has 0 aliphatic rings. The van der Waals surface area contributed by atoms with Crippen molar-refractivity contribution in [2.45, 2.75) is 52.7 Å². The second-order valence-corrected chi connectivity index (χ2v) is 8.35. The first-order chi connectivity index (χ1) is 13.9. The van der Waals surface area contributed by atoms with E-state index in [4.69, 9.17) is 9.47 Å². The van der Waals surface area contributed by atoms with Crippen LogP contribution >= 0.6 is 0 Å². The van der Waals surface area contributed by atoms with Crippen molar-refractivity contribution in [1.29, 1.82) is 0 Å². The Hall–Kier alpha value is -3.49. The summed E-state index contributed by atoms with van der Waals surface area (Å²) >= 11 is 0. The summed E-state index contributed by atoms with van der Waals surface area (Å²) in [4.78, 5) is 28.5. The quantitative estimate of drug-likeness (QED) is 0.580. The number of amides is 2. The molecule has 0 aliphatic heterocycles. The minimum absolute atomic E-state index is 0.0810. The largest absolute Gasteiger partial charge is 0.444 e. The standard InChI is InChI=1S/C21H27N5O4/c1-20(2,3)29-18(27)23-16-13-12-15(26-25-14-10-8-7-9-11-14)17(22-16)24-19(28)30-21(4,5)6/h7-13H,1-6H3,(H2,22,23,24,27,28)/b26-25+. The van der Waals surface area contributed by atoms with E-state index in [-0.39, 0.29) is 11.6 Å². The molecule has 2 amide bonds. The number of pyridine rings is 1. The average Bonchev–Trinajstić information content (AvgIpc) is 2.58. The maximum Gasteiger partial charge on any atom is 0.413 e. The van der Waals surface area contributed by atoms with Gasteiger partial charge in [0.05, 0.1) is 5.69 Å². The van der Waals surface area contributed by atoms with E-state index in [1.807, 2.05) is 18.2 Å². The van der Waals surface area contributed by atoms with Gasteiger partial charge < -0.3 is 9.47 Å². The van der Waals surface area contributed by atoms with Crippen LogP contribution in [-0.2, 0) is 9.47 Å². The van der Waals surface area contributed by atoms with E-state index in [1.165, 1.54) is 6.07 Å². The van der Waals surface area contributed by atoms with Gasteiger partial charge in [-0.1, -0.05) is 18.2 Å². The maximum absolute atomic E-state index is 12.2. The molecule has 0 bridgehead atoms. The fourth-order valence-corrected chi connectivity index (χ4v) is 2.11. The maximum atomic E-state index is 12.2. The second-order valence-electron chi connectivity index (χ2n) is 8.35. The summed E-state index contributed by atoms with van der Waals surface area (Å²) in [6.07, 6.45) is -1.38. The number of anilines is 2. The minimum atomic E-state index is -0.708. The zero-order valence-corrected chi connectivity index (χ0v) is 18.0. The molecular formula is C21H27N5O4. The van der Waals surface area contributed by atoms with Crippen molar-refractivity contribution in [1.82, 2.24) is 4.98 Å². The molecule has 0 saturated heterocycles. The molecule has 1 aromatic carbocycles. The van der Waals surface area contributed by atoms with Crippen LogP contribution in [0, 0.1) is 0 Å². The Bertz CT molecular complexity index is 915. The molecule has 2 rings (SSSR count). The monoisotopic (exact) mass is 413 g/mol. The van der Waals surface area contributed by atoms with E-state index >= 15 is 0 Å². The Balaban J connectivity index is 2.27. The van der Waals surface area contributed by atoms with Crippen molar-refractivity contribution in [3.05, 3.63) is 42.5 Å². The molecule has 1 aromatic heterocycles. The van der Waals surface area contributed by atoms with Gasteiger partial charge in [-0.3, -0.25) is 10.6 Å². The number of ether oxygens (including phenoxy) is 2. The number of carbonyl (C=O) groups is 2. The highest BCUT2D eigenvalue weighted by atomic mass is 16.6. The molecule has 30 heavy (non-hydrogen) atoms. The molecule has 0 aliphatic carbocycles. The highest BCUT2D eigenvalue weighted by Gasteiger charge is 2.20. The zero-order chi connectivity index (χ0) is 22.4. The van der Waals surface area contributed by atoms with Crippen molar-refractivity contribution in [2.75, 3.05) is 10.6 Å². The molecule has 0 fully saturated rings. The van der Waals surface area contributed by atoms with Crippen LogP contribution < -0.4 is 10.6 Å². The van der Waals surface area contributed by atoms with E-state index < -0.39 is 23.4 Å². The van der Waals surface area contributed by atoms with Gasteiger partial charge in [-0.25, -0.2) is 14.6 Å². The van der Waals surface area contributed by atoms with Crippen molar-refractivity contribution < 1.29 is 19.1 Å². The summed E-state index contributed by atoms with van der Waals surface area (Å²) < 4.78 is 10.5. The van der Waals surface area contributed by atoms with Crippen LogP contribution in [-0.4, -0.2) is 28.4 Å². The van der Waals surface area contributed by atoms with Gasteiger partial charge in [-0.05, 0) is 65.8 Å². The van der Waals surface area contributed by atoms with Crippen LogP contribution in [0.2, 0.25) is 0 Å². The average molecular weight is 413 g/mol. The third-order valence-electron chi connectivity index (χ3n) is 3.15. The molecule has 0 saturated carbocycles. The molecule has 2 aromatic rings. The van der Waals surface area contributed by atoms with Crippen molar-refractivity contribution in [3.8, 4) is 0 Å². The van der Waals surface area contributed by atoms with Crippen molar-refractivity contribution in [3.63, 3.8) is 0 Å². The van der Waals surface area contributed by atoms with E-state index in [2.05, 4.69) is 25.8 Å². The molecule has 9 nitrogen and oxygen atoms in total. The van der Waals surface area contributed by atoms with Gasteiger partial charge in [0, 0.05) is 0 Å². The third kappa shape index (κ3) is 8.26. The molecule has 2 N–H and O–H groups in total. The Kier molecular flexibility index (Phi) is 7.10. The Morgan fingerprint density at radius 1 is 0.800 bits per heavy atom. The lowest BCUT2D eigenvalue weighted by atomic mass is 10.2. The summed E-state index contributed by atoms with van der Waals surface area (Å²) in [5.74, 6) is 0.256. The fraction of sp³-hybridized carbons (Fsp3) is 0.381. The smallest absolute Gasteiger partial charge is 0.413 e. The number of azo groups is 1. The van der Waals surface area contributed by atoms with Crippen LogP contribution in [0.5, 0.6) is 0 Å². The minimum Gasteiger partial charge on any atom is -0.444 e. The van der Waals surface area contributed by atoms with E-state index in [9.17, 15) is 9.59 Å². The summed E-state index contributed by atoms with van der Waals surface area (Å²) in [6.45, 7) is 10.5. The number of aromatic nitrogens is 1. The normalized spacial score (nSPS) is 11.8. The first-order valence-electron chi connectivity index (χ1n) is 9.39. The molecular weight excluding hydrogens is 386 g/mol. The van der Waals surface area contributed by atoms with E-state index in [0.717, 1.165) is 0 Å². The second kappa shape index (κ2) is 9.34. The predicted molar refractivity (Wildman–Crippen MR) is 115 cm³/mol. The van der Waals surface area contributed by atoms with Crippen LogP contribution in [0.4, 0.5) is 32.6 Å². The summed E-state index contributed by atoms with van der Waals surface area (Å²) in [6, 6.07) is 12.2. The summed E-state index contributed by atoms with van der Waals surface area (Å²) in [5.41, 5.74) is -0.427. The summed E-state index contributed by atoms with van der Waals surface area (Å²) in [5, 5.41) is 13.4. The van der Waals surface area contributed by atoms with E-state index in [0.29, 0.717) is 11.4 Å². The number of nitrogens with one attached hydrogen (secondary N) is 2. The molecule has 1 heterocycles. The highest BCUT2D eigenvalue weighted by Crippen LogP contribution is 2.28. The van der Waals surface area contributed by atoms with Gasteiger partial charge in [0.1, 0.15) is 22.7 Å². The van der Waals surface area contributed by atoms with Crippen LogP contribution in [0.15, 0.2) is 52.7 Å². The van der Waals surface area contributed by atoms with Crippen LogP contribution in [0.3, 0.4) is 0 Å². The van der Waals surface area contributed by atoms with Gasteiger partial charge in [0.2, 0.25) is 0 Å². The number of hydrogen-bond acceptors (Lipinski definition) is 7. The van der Waals surface area contributed by atoms with E-state index in [1.54, 1.807) is 59.7 Å². The van der Waals surface area contributed by atoms with Gasteiger partial charge in [0.25, 0.3) is 0 Å². The number of hydrogen-bond donors (Lipinski definition) is 2. The lowest BCUT2D eigenvalue weighted by Crippen LogP contribution is -2.28. The lowest BCUT2D eigenvalue weighted by molar-refractivity contribution is 0.0625. The highest BCUT2D eigenvalue weighted by molar-refractivity contribution is 5.89. The van der Waals surface area contributed by atoms with Gasteiger partial charge in [-0.15, -0.1) is 5.11 Å². The summed E-state index contributed by atoms with van der Waals surface area (Å²) in [7, 11) is 0. The SMILES string of the molecule is CC(C)(C)OC(=O)Nc1ccc(/N=N/c2ccccc2)c(NC(=O)OC(C)(C)C)n1. The lowest BCUT2D eigenvalue weighted by Gasteiger charge is -2.20. The number of nitrogens with zero attached hydrogens (tertiary/aromatic N) is 3. The first kappa shape index (κ1) is 22.8. The molecule has 0 spiro atoms. The van der Waals surface area contributed by atoms with Gasteiger partial charge in [0.15, 0.2) is 5.82 Å². The predicted octanol–water partition coefficient (Wildman–Crippen LogP) is 6.19. The zero-order valence-electron chi connectivity index (χ0n) is 18.0. The Morgan fingerprint density at radius 2 is 1.37 bits per heavy atom. The van der Waals surface area contributed by atoms with Crippen LogP contribution in [0.25, 0.3) is 0 Å². The third-order valence-corrected chi connectivity index (χ3v) is 3.15. The van der Waals surface area contributed by atoms with Gasteiger partial charge >= 0.3 is 12.2 Å². The number of benzene rings is 1. The topological polar surface area (TPSA) is 114 Å². The van der Waals surface area contributed by atoms with Crippen LogP contribution in [0.1, 0.15) is 41.5 Å². The fourth-order valence-electron chi connectivity index (χ4n) is 2.11. The number of rotatable bonds is 4. The molecule has 0 radical (unpaired) electrons. The Labute approximate surface area is 175 Å². The van der Waals surface area contributed by atoms with Crippen molar-refractivity contribution in [2.24, 2.45) is 10.2 Å².